The molecule has 0 fully saturated rings. The molecule has 1 aromatic carbocycles. The average Bonchev–Trinajstić information content (AvgIpc) is 3.50. The van der Waals surface area contributed by atoms with Crippen molar-refractivity contribution in [3.63, 3.8) is 0 Å². The van der Waals surface area contributed by atoms with E-state index in [4.69, 9.17) is 5.73 Å². The van der Waals surface area contributed by atoms with E-state index < -0.39 is 0 Å². The van der Waals surface area contributed by atoms with Crippen molar-refractivity contribution in [2.75, 3.05) is 0 Å². The number of amides is 1. The van der Waals surface area contributed by atoms with Gasteiger partial charge in [0.1, 0.15) is 6.33 Å². The Bertz CT molecular complexity index is 1510. The lowest BCUT2D eigenvalue weighted by Gasteiger charge is -2.35. The summed E-state index contributed by atoms with van der Waals surface area (Å²) < 4.78 is 1.82. The summed E-state index contributed by atoms with van der Waals surface area (Å²) in [6.45, 7) is 11.4. The van der Waals surface area contributed by atoms with E-state index in [0.29, 0.717) is 11.4 Å². The number of rotatable bonds is 5. The summed E-state index contributed by atoms with van der Waals surface area (Å²) in [5.74, 6) is -0.372. The van der Waals surface area contributed by atoms with Gasteiger partial charge in [-0.2, -0.15) is 5.10 Å². The minimum absolute atomic E-state index is 0.0171. The zero-order chi connectivity index (χ0) is 25.8. The second kappa shape index (κ2) is 8.81. The number of primary amides is 1. The van der Waals surface area contributed by atoms with Crippen LogP contribution < -0.4 is 5.73 Å². The van der Waals surface area contributed by atoms with Crippen molar-refractivity contribution >= 4 is 28.7 Å². The largest absolute Gasteiger partial charge is 0.365 e. The van der Waals surface area contributed by atoms with Crippen LogP contribution >= 0.6 is 11.8 Å². The zero-order valence-corrected chi connectivity index (χ0v) is 22.3. The maximum absolute atomic E-state index is 11.8. The molecular formula is C27H31N7OS. The minimum Gasteiger partial charge on any atom is -0.365 e. The summed E-state index contributed by atoms with van der Waals surface area (Å²) in [6, 6.07) is 8.47. The van der Waals surface area contributed by atoms with Gasteiger partial charge in [-0.25, -0.2) is 9.97 Å². The van der Waals surface area contributed by atoms with Gasteiger partial charge < -0.3 is 15.6 Å². The maximum atomic E-state index is 11.8. The summed E-state index contributed by atoms with van der Waals surface area (Å²) in [4.78, 5) is 27.3. The number of aromatic nitrogens is 5. The van der Waals surface area contributed by atoms with Gasteiger partial charge in [-0.05, 0) is 42.5 Å². The van der Waals surface area contributed by atoms with Crippen LogP contribution in [-0.4, -0.2) is 40.9 Å². The summed E-state index contributed by atoms with van der Waals surface area (Å²) in [6.07, 6.45) is 5.52. The Labute approximate surface area is 215 Å². The SMILES string of the molecule is Cc1cc(-c2ncnc3cc(-c4cn(C)nc4C)[nH]c23)ccc1CN1C=C(C(N)=O)SC1C(C)(C)C. The molecule has 0 spiro atoms. The fourth-order valence-electron chi connectivity index (χ4n) is 4.75. The first-order valence-corrected chi connectivity index (χ1v) is 12.8. The number of hydrogen-bond donors (Lipinski definition) is 2. The summed E-state index contributed by atoms with van der Waals surface area (Å²) >= 11 is 1.55. The van der Waals surface area contributed by atoms with E-state index in [1.165, 1.54) is 5.56 Å². The number of benzene rings is 1. The Morgan fingerprint density at radius 3 is 2.61 bits per heavy atom. The number of carbonyl (C=O) groups excluding carboxylic acids is 1. The van der Waals surface area contributed by atoms with Crippen molar-refractivity contribution in [1.82, 2.24) is 29.6 Å². The normalized spacial score (nSPS) is 16.1. The zero-order valence-electron chi connectivity index (χ0n) is 21.5. The molecule has 0 bridgehead atoms. The molecule has 1 unspecified atom stereocenters. The van der Waals surface area contributed by atoms with Crippen molar-refractivity contribution in [3.8, 4) is 22.5 Å². The highest BCUT2D eigenvalue weighted by molar-refractivity contribution is 8.04. The molecule has 1 amide bonds. The molecule has 4 heterocycles. The number of fused-ring (bicyclic) bond motifs is 1. The van der Waals surface area contributed by atoms with Crippen LogP contribution in [0.3, 0.4) is 0 Å². The summed E-state index contributed by atoms with van der Waals surface area (Å²) in [7, 11) is 1.92. The number of nitrogens with one attached hydrogen (secondary N) is 1. The first kappa shape index (κ1) is 24.1. The Morgan fingerprint density at radius 1 is 1.19 bits per heavy atom. The average molecular weight is 502 g/mol. The first-order chi connectivity index (χ1) is 17.0. The number of H-pyrrole nitrogens is 1. The van der Waals surface area contributed by atoms with E-state index in [9.17, 15) is 4.79 Å². The van der Waals surface area contributed by atoms with Gasteiger partial charge in [-0.1, -0.05) is 44.7 Å². The van der Waals surface area contributed by atoms with E-state index in [-0.39, 0.29) is 16.7 Å². The number of thioether (sulfide) groups is 1. The van der Waals surface area contributed by atoms with E-state index in [1.807, 2.05) is 37.1 Å². The molecule has 9 heteroatoms. The minimum atomic E-state index is -0.372. The molecule has 36 heavy (non-hydrogen) atoms. The van der Waals surface area contributed by atoms with Crippen molar-refractivity contribution in [1.29, 1.82) is 0 Å². The number of nitrogens with zero attached hydrogens (tertiary/aromatic N) is 5. The molecule has 1 aliphatic rings. The highest BCUT2D eigenvalue weighted by Crippen LogP contribution is 2.43. The highest BCUT2D eigenvalue weighted by Gasteiger charge is 2.36. The fourth-order valence-corrected chi connectivity index (χ4v) is 5.92. The smallest absolute Gasteiger partial charge is 0.256 e. The van der Waals surface area contributed by atoms with E-state index >= 15 is 0 Å². The Hall–Kier alpha value is -3.59. The van der Waals surface area contributed by atoms with E-state index in [0.717, 1.165) is 44.8 Å². The molecule has 186 valence electrons. The summed E-state index contributed by atoms with van der Waals surface area (Å²) in [5, 5.41) is 4.59. The lowest BCUT2D eigenvalue weighted by Crippen LogP contribution is -2.35. The number of aryl methyl sites for hydroxylation is 3. The molecule has 0 saturated heterocycles. The van der Waals surface area contributed by atoms with Crippen molar-refractivity contribution in [2.24, 2.45) is 18.2 Å². The van der Waals surface area contributed by atoms with Crippen LogP contribution in [-0.2, 0) is 18.4 Å². The maximum Gasteiger partial charge on any atom is 0.256 e. The van der Waals surface area contributed by atoms with Gasteiger partial charge in [-0.3, -0.25) is 9.48 Å². The molecule has 1 atom stereocenters. The molecule has 0 aliphatic carbocycles. The number of carbonyl (C=O) groups is 1. The third kappa shape index (κ3) is 4.39. The Kier molecular flexibility index (Phi) is 5.90. The van der Waals surface area contributed by atoms with Crippen LogP contribution in [0.15, 0.2) is 47.9 Å². The standard InChI is InChI=1S/C27H31N7OS/c1-15-9-17(7-8-18(15)11-34-13-22(25(28)35)36-26(34)27(3,4)5)23-24-21(29-14-30-23)10-20(31-24)19-12-33(6)32-16(19)2/h7-10,12-14,26,31H,11H2,1-6H3,(H2,28,35). The fraction of sp³-hybridized carbons (Fsp3) is 0.333. The molecule has 8 nitrogen and oxygen atoms in total. The lowest BCUT2D eigenvalue weighted by molar-refractivity contribution is -0.113. The molecule has 0 radical (unpaired) electrons. The Morgan fingerprint density at radius 2 is 1.97 bits per heavy atom. The topological polar surface area (TPSA) is 106 Å². The lowest BCUT2D eigenvalue weighted by atomic mass is 9.95. The van der Waals surface area contributed by atoms with Crippen molar-refractivity contribution in [3.05, 3.63) is 64.7 Å². The van der Waals surface area contributed by atoms with Crippen molar-refractivity contribution < 1.29 is 4.79 Å². The van der Waals surface area contributed by atoms with E-state index in [1.54, 1.807) is 18.1 Å². The molecular weight excluding hydrogens is 470 g/mol. The van der Waals surface area contributed by atoms with Gasteiger partial charge in [0.2, 0.25) is 0 Å². The van der Waals surface area contributed by atoms with Crippen LogP contribution in [0, 0.1) is 19.3 Å². The third-order valence-corrected chi connectivity index (χ3v) is 8.26. The molecule has 0 saturated carbocycles. The van der Waals surface area contributed by atoms with Gasteiger partial charge in [-0.15, -0.1) is 0 Å². The van der Waals surface area contributed by atoms with Crippen LogP contribution in [0.4, 0.5) is 0 Å². The second-order valence-electron chi connectivity index (χ2n) is 10.5. The van der Waals surface area contributed by atoms with Gasteiger partial charge in [0.15, 0.2) is 0 Å². The van der Waals surface area contributed by atoms with Crippen LogP contribution in [0.2, 0.25) is 0 Å². The Balaban J connectivity index is 1.48. The number of aromatic amines is 1. The summed E-state index contributed by atoms with van der Waals surface area (Å²) in [5.41, 5.74) is 14.6. The van der Waals surface area contributed by atoms with Gasteiger partial charge in [0.05, 0.1) is 38.4 Å². The molecule has 1 aliphatic heterocycles. The monoisotopic (exact) mass is 501 g/mol. The van der Waals surface area contributed by atoms with Crippen LogP contribution in [0.1, 0.15) is 37.6 Å². The molecule has 4 aromatic rings. The highest BCUT2D eigenvalue weighted by atomic mass is 32.2. The van der Waals surface area contributed by atoms with Gasteiger partial charge >= 0.3 is 0 Å². The van der Waals surface area contributed by atoms with Crippen LogP contribution in [0.5, 0.6) is 0 Å². The van der Waals surface area contributed by atoms with Gasteiger partial charge in [0.25, 0.3) is 5.91 Å². The first-order valence-electron chi connectivity index (χ1n) is 11.9. The van der Waals surface area contributed by atoms with Crippen molar-refractivity contribution in [2.45, 2.75) is 46.5 Å². The second-order valence-corrected chi connectivity index (χ2v) is 11.6. The quantitative estimate of drug-likeness (QED) is 0.403. The molecule has 3 aromatic heterocycles. The molecule has 3 N–H and O–H groups in total. The number of hydrogen-bond acceptors (Lipinski definition) is 6. The van der Waals surface area contributed by atoms with E-state index in [2.05, 4.69) is 70.8 Å². The molecule has 5 rings (SSSR count). The predicted octanol–water partition coefficient (Wildman–Crippen LogP) is 4.89. The van der Waals surface area contributed by atoms with Gasteiger partial charge in [0, 0.05) is 37.1 Å². The predicted molar refractivity (Wildman–Crippen MR) is 145 cm³/mol. The third-order valence-electron chi connectivity index (χ3n) is 6.50. The number of nitrogens with two attached hydrogens (primary N) is 1. The van der Waals surface area contributed by atoms with Crippen LogP contribution in [0.25, 0.3) is 33.5 Å².